The zero-order chi connectivity index (χ0) is 22.6. The Balaban J connectivity index is 1.34. The Hall–Kier alpha value is -3.18. The Bertz CT molecular complexity index is 1050. The SMILES string of the molecule is COc1ccc(CCN2CCC[C@@H]2CN2c3ccccc3COc3ccccc32)cc1OC. The van der Waals surface area contributed by atoms with Crippen molar-refractivity contribution in [3.8, 4) is 17.2 Å². The van der Waals surface area contributed by atoms with Crippen LogP contribution in [0.15, 0.2) is 66.7 Å². The number of anilines is 2. The quantitative estimate of drug-likeness (QED) is 0.485. The van der Waals surface area contributed by atoms with Gasteiger partial charge >= 0.3 is 0 Å². The average molecular weight is 445 g/mol. The van der Waals surface area contributed by atoms with Gasteiger partial charge < -0.3 is 19.1 Å². The summed E-state index contributed by atoms with van der Waals surface area (Å²) in [7, 11) is 3.37. The molecule has 3 aromatic carbocycles. The van der Waals surface area contributed by atoms with E-state index in [0.717, 1.165) is 49.0 Å². The molecule has 0 aliphatic carbocycles. The summed E-state index contributed by atoms with van der Waals surface area (Å²) in [5.41, 5.74) is 4.93. The van der Waals surface area contributed by atoms with Gasteiger partial charge in [0.15, 0.2) is 11.5 Å². The van der Waals surface area contributed by atoms with Gasteiger partial charge in [0.2, 0.25) is 0 Å². The minimum Gasteiger partial charge on any atom is -0.493 e. The lowest BCUT2D eigenvalue weighted by Gasteiger charge is -2.32. The molecule has 2 aliphatic heterocycles. The molecule has 0 N–H and O–H groups in total. The maximum atomic E-state index is 6.17. The van der Waals surface area contributed by atoms with E-state index in [-0.39, 0.29) is 0 Å². The van der Waals surface area contributed by atoms with Crippen molar-refractivity contribution in [1.82, 2.24) is 4.90 Å². The number of para-hydroxylation sites is 3. The highest BCUT2D eigenvalue weighted by atomic mass is 16.5. The van der Waals surface area contributed by atoms with Gasteiger partial charge in [-0.1, -0.05) is 36.4 Å². The topological polar surface area (TPSA) is 34.2 Å². The summed E-state index contributed by atoms with van der Waals surface area (Å²) >= 11 is 0. The van der Waals surface area contributed by atoms with Crippen molar-refractivity contribution in [2.45, 2.75) is 31.9 Å². The van der Waals surface area contributed by atoms with Crippen molar-refractivity contribution in [1.29, 1.82) is 0 Å². The summed E-state index contributed by atoms with van der Waals surface area (Å²) in [4.78, 5) is 5.12. The van der Waals surface area contributed by atoms with Gasteiger partial charge in [-0.3, -0.25) is 4.90 Å². The lowest BCUT2D eigenvalue weighted by Crippen LogP contribution is -2.39. The molecule has 0 radical (unpaired) electrons. The lowest BCUT2D eigenvalue weighted by molar-refractivity contribution is 0.261. The van der Waals surface area contributed by atoms with Crippen molar-refractivity contribution in [3.05, 3.63) is 77.9 Å². The van der Waals surface area contributed by atoms with Crippen molar-refractivity contribution in [3.63, 3.8) is 0 Å². The molecule has 0 spiro atoms. The number of methoxy groups -OCH3 is 2. The molecule has 33 heavy (non-hydrogen) atoms. The number of ether oxygens (including phenoxy) is 3. The van der Waals surface area contributed by atoms with E-state index < -0.39 is 0 Å². The fourth-order valence-electron chi connectivity index (χ4n) is 5.10. The second-order valence-electron chi connectivity index (χ2n) is 8.77. The lowest BCUT2D eigenvalue weighted by atomic mass is 10.1. The predicted octanol–water partition coefficient (Wildman–Crippen LogP) is 5.44. The summed E-state index contributed by atoms with van der Waals surface area (Å²) < 4.78 is 17.0. The molecule has 0 bridgehead atoms. The highest BCUT2D eigenvalue weighted by Crippen LogP contribution is 2.40. The predicted molar refractivity (Wildman–Crippen MR) is 132 cm³/mol. The average Bonchev–Trinajstić information content (AvgIpc) is 3.25. The van der Waals surface area contributed by atoms with Gasteiger partial charge in [0.25, 0.3) is 0 Å². The van der Waals surface area contributed by atoms with E-state index in [1.807, 2.05) is 6.07 Å². The zero-order valence-corrected chi connectivity index (χ0v) is 19.5. The number of nitrogens with zero attached hydrogens (tertiary/aromatic N) is 2. The van der Waals surface area contributed by atoms with E-state index in [9.17, 15) is 0 Å². The number of fused-ring (bicyclic) bond motifs is 2. The Morgan fingerprint density at radius 2 is 1.70 bits per heavy atom. The molecule has 2 aliphatic rings. The van der Waals surface area contributed by atoms with Crippen LogP contribution >= 0.6 is 0 Å². The first-order chi connectivity index (χ1) is 16.3. The minimum absolute atomic E-state index is 0.504. The summed E-state index contributed by atoms with van der Waals surface area (Å²) in [5, 5.41) is 0. The highest BCUT2D eigenvalue weighted by Gasteiger charge is 2.29. The van der Waals surface area contributed by atoms with E-state index in [2.05, 4.69) is 70.5 Å². The molecule has 0 saturated carbocycles. The maximum Gasteiger partial charge on any atom is 0.160 e. The molecular weight excluding hydrogens is 412 g/mol. The van der Waals surface area contributed by atoms with Gasteiger partial charge in [0, 0.05) is 30.4 Å². The second kappa shape index (κ2) is 9.75. The zero-order valence-electron chi connectivity index (χ0n) is 19.5. The second-order valence-corrected chi connectivity index (χ2v) is 8.77. The third kappa shape index (κ3) is 4.51. The van der Waals surface area contributed by atoms with Gasteiger partial charge in [-0.25, -0.2) is 0 Å². The molecule has 0 aromatic heterocycles. The summed E-state index contributed by atoms with van der Waals surface area (Å²) in [5.74, 6) is 2.54. The number of rotatable bonds is 7. The van der Waals surface area contributed by atoms with Gasteiger partial charge in [-0.2, -0.15) is 0 Å². The molecule has 5 heteroatoms. The first-order valence-corrected chi connectivity index (χ1v) is 11.8. The first-order valence-electron chi connectivity index (χ1n) is 11.8. The summed E-state index contributed by atoms with van der Waals surface area (Å²) in [6.45, 7) is 3.75. The highest BCUT2D eigenvalue weighted by molar-refractivity contribution is 5.72. The maximum absolute atomic E-state index is 6.17. The third-order valence-corrected chi connectivity index (χ3v) is 6.85. The Labute approximate surface area is 196 Å². The van der Waals surface area contributed by atoms with Gasteiger partial charge in [-0.05, 0) is 61.7 Å². The summed E-state index contributed by atoms with van der Waals surface area (Å²) in [6.07, 6.45) is 3.45. The Morgan fingerprint density at radius 3 is 2.55 bits per heavy atom. The van der Waals surface area contributed by atoms with Crippen LogP contribution in [0.2, 0.25) is 0 Å². The van der Waals surface area contributed by atoms with Crippen LogP contribution in [-0.4, -0.2) is 44.8 Å². The Kier molecular flexibility index (Phi) is 6.40. The van der Waals surface area contributed by atoms with E-state index in [1.165, 1.54) is 29.7 Å². The van der Waals surface area contributed by atoms with Crippen molar-refractivity contribution in [2.24, 2.45) is 0 Å². The molecule has 5 nitrogen and oxygen atoms in total. The molecule has 2 heterocycles. The normalized spacial score (nSPS) is 17.6. The molecule has 172 valence electrons. The monoisotopic (exact) mass is 444 g/mol. The van der Waals surface area contributed by atoms with Gasteiger partial charge in [0.1, 0.15) is 12.4 Å². The largest absolute Gasteiger partial charge is 0.493 e. The minimum atomic E-state index is 0.504. The van der Waals surface area contributed by atoms with Crippen LogP contribution < -0.4 is 19.1 Å². The van der Waals surface area contributed by atoms with Crippen LogP contribution in [0.5, 0.6) is 17.2 Å². The van der Waals surface area contributed by atoms with Crippen molar-refractivity contribution >= 4 is 11.4 Å². The summed E-state index contributed by atoms with van der Waals surface area (Å²) in [6, 6.07) is 23.8. The van der Waals surface area contributed by atoms with Gasteiger partial charge in [-0.15, -0.1) is 0 Å². The van der Waals surface area contributed by atoms with Gasteiger partial charge in [0.05, 0.1) is 19.9 Å². The third-order valence-electron chi connectivity index (χ3n) is 6.85. The molecule has 1 saturated heterocycles. The van der Waals surface area contributed by atoms with Crippen molar-refractivity contribution < 1.29 is 14.2 Å². The molecule has 1 fully saturated rings. The van der Waals surface area contributed by atoms with Crippen LogP contribution in [-0.2, 0) is 13.0 Å². The van der Waals surface area contributed by atoms with E-state index >= 15 is 0 Å². The molecular formula is C28H32N2O3. The Morgan fingerprint density at radius 1 is 0.909 bits per heavy atom. The van der Waals surface area contributed by atoms with Crippen LogP contribution in [0.3, 0.4) is 0 Å². The van der Waals surface area contributed by atoms with E-state index in [0.29, 0.717) is 12.6 Å². The van der Waals surface area contributed by atoms with Crippen LogP contribution in [0.4, 0.5) is 11.4 Å². The number of benzene rings is 3. The first kappa shape index (κ1) is 21.7. The number of hydrogen-bond acceptors (Lipinski definition) is 5. The number of likely N-dealkylation sites (tertiary alicyclic amines) is 1. The van der Waals surface area contributed by atoms with Crippen LogP contribution in [0.25, 0.3) is 0 Å². The molecule has 0 amide bonds. The molecule has 5 rings (SSSR count). The smallest absolute Gasteiger partial charge is 0.160 e. The fourth-order valence-corrected chi connectivity index (χ4v) is 5.10. The molecule has 0 unspecified atom stereocenters. The molecule has 1 atom stereocenters. The van der Waals surface area contributed by atoms with Crippen molar-refractivity contribution in [2.75, 3.05) is 38.8 Å². The van der Waals surface area contributed by atoms with Crippen LogP contribution in [0.1, 0.15) is 24.0 Å². The fraction of sp³-hybridized carbons (Fsp3) is 0.357. The van der Waals surface area contributed by atoms with E-state index in [1.54, 1.807) is 14.2 Å². The standard InChI is InChI=1S/C28H32N2O3/c1-31-27-14-13-21(18-28(27)32-2)15-17-29-16-7-9-23(29)19-30-24-10-4-3-8-22(24)20-33-26-12-6-5-11-25(26)30/h3-6,8,10-14,18,23H,7,9,15-17,19-20H2,1-2H3/t23-/m1/s1. The van der Waals surface area contributed by atoms with E-state index in [4.69, 9.17) is 14.2 Å². The number of hydrogen-bond donors (Lipinski definition) is 0. The molecule has 3 aromatic rings. The van der Waals surface area contributed by atoms with Crippen LogP contribution in [0, 0.1) is 0 Å².